The topological polar surface area (TPSA) is 49.7 Å². The van der Waals surface area contributed by atoms with Gasteiger partial charge in [-0.3, -0.25) is 14.6 Å². The minimum Gasteiger partial charge on any atom is -0.318 e. The first-order chi connectivity index (χ1) is 13.5. The zero-order valence-electron chi connectivity index (χ0n) is 16.9. The van der Waals surface area contributed by atoms with E-state index in [4.69, 9.17) is 4.99 Å². The highest BCUT2D eigenvalue weighted by molar-refractivity contribution is 6.39. The zero-order chi connectivity index (χ0) is 19.5. The monoisotopic (exact) mass is 376 g/mol. The molecule has 1 aromatic rings. The number of nitrogens with zero attached hydrogens (tertiary/aromatic N) is 2. The SMILES string of the molecule is CC(=O)C(C(C)=O)=c1ccc2c(c1)N1C3=C(CCCC3)C[C@H]3CCCC[C@@]31N=2. The van der Waals surface area contributed by atoms with Crippen molar-refractivity contribution in [1.82, 2.24) is 0 Å². The number of hydrogen-bond acceptors (Lipinski definition) is 4. The molecule has 2 atom stereocenters. The van der Waals surface area contributed by atoms with E-state index in [-0.39, 0.29) is 17.2 Å². The van der Waals surface area contributed by atoms with E-state index in [0.29, 0.717) is 11.5 Å². The Balaban J connectivity index is 1.76. The predicted octanol–water partition coefficient (Wildman–Crippen LogP) is 3.57. The van der Waals surface area contributed by atoms with Gasteiger partial charge in [0.1, 0.15) is 5.66 Å². The first-order valence-corrected chi connectivity index (χ1v) is 10.8. The summed E-state index contributed by atoms with van der Waals surface area (Å²) in [6, 6.07) is 5.99. The molecule has 2 heterocycles. The van der Waals surface area contributed by atoms with Gasteiger partial charge in [-0.05, 0) is 82.6 Å². The molecule has 0 radical (unpaired) electrons. The number of carbonyl (C=O) groups excluding carboxylic acids is 2. The quantitative estimate of drug-likeness (QED) is 0.742. The van der Waals surface area contributed by atoms with Crippen molar-refractivity contribution in [2.24, 2.45) is 10.9 Å². The molecule has 4 heteroatoms. The van der Waals surface area contributed by atoms with Gasteiger partial charge in [0.2, 0.25) is 0 Å². The van der Waals surface area contributed by atoms with Crippen LogP contribution >= 0.6 is 0 Å². The Morgan fingerprint density at radius 2 is 1.86 bits per heavy atom. The maximum absolute atomic E-state index is 12.1. The Morgan fingerprint density at radius 1 is 1.07 bits per heavy atom. The fraction of sp³-hybridized carbons (Fsp3) is 0.542. The van der Waals surface area contributed by atoms with Crippen LogP contribution in [0, 0.1) is 5.92 Å². The average molecular weight is 377 g/mol. The van der Waals surface area contributed by atoms with E-state index in [1.54, 1.807) is 5.57 Å². The average Bonchev–Trinajstić information content (AvgIpc) is 2.99. The van der Waals surface area contributed by atoms with E-state index in [0.717, 1.165) is 29.1 Å². The van der Waals surface area contributed by atoms with Gasteiger partial charge in [-0.1, -0.05) is 18.1 Å². The lowest BCUT2D eigenvalue weighted by Crippen LogP contribution is -2.55. The standard InChI is InChI=1S/C24H28N2O2/c1-15(27)23(16(2)28)18-10-11-20-22(14-18)26-21-9-4-3-7-17(21)13-19-8-5-6-12-24(19,26)25-20/h10-11,14,19H,3-9,12-13H2,1-2H3/t19-,24+/m1/s1. The second-order valence-corrected chi connectivity index (χ2v) is 8.92. The Kier molecular flexibility index (Phi) is 4.08. The minimum atomic E-state index is -0.163. The Morgan fingerprint density at radius 3 is 2.64 bits per heavy atom. The molecule has 2 aliphatic heterocycles. The smallest absolute Gasteiger partial charge is 0.163 e. The second-order valence-electron chi connectivity index (χ2n) is 8.92. The molecule has 1 fully saturated rings. The molecule has 1 spiro atoms. The zero-order valence-corrected chi connectivity index (χ0v) is 16.9. The normalized spacial score (nSPS) is 27.9. The largest absolute Gasteiger partial charge is 0.318 e. The Hall–Kier alpha value is -2.23. The summed E-state index contributed by atoms with van der Waals surface area (Å²) in [6.45, 7) is 2.96. The van der Waals surface area contributed by atoms with Crippen molar-refractivity contribution in [3.63, 3.8) is 0 Å². The van der Waals surface area contributed by atoms with Crippen molar-refractivity contribution in [2.45, 2.75) is 77.3 Å². The summed E-state index contributed by atoms with van der Waals surface area (Å²) in [7, 11) is 0. The summed E-state index contributed by atoms with van der Waals surface area (Å²) in [5, 5.41) is 1.77. The molecule has 1 aromatic carbocycles. The van der Waals surface area contributed by atoms with E-state index >= 15 is 0 Å². The second kappa shape index (κ2) is 6.40. The molecule has 0 amide bonds. The lowest BCUT2D eigenvalue weighted by atomic mass is 9.70. The molecule has 28 heavy (non-hydrogen) atoms. The highest BCUT2D eigenvalue weighted by Crippen LogP contribution is 2.53. The van der Waals surface area contributed by atoms with Gasteiger partial charge in [0.15, 0.2) is 11.6 Å². The number of hydrogen-bond donors (Lipinski definition) is 0. The van der Waals surface area contributed by atoms with Crippen LogP contribution in [-0.2, 0) is 9.59 Å². The Labute approximate surface area is 166 Å². The van der Waals surface area contributed by atoms with Gasteiger partial charge in [-0.15, -0.1) is 0 Å². The van der Waals surface area contributed by atoms with Crippen molar-refractivity contribution in [1.29, 1.82) is 0 Å². The van der Waals surface area contributed by atoms with Crippen LogP contribution in [-0.4, -0.2) is 17.2 Å². The van der Waals surface area contributed by atoms with Gasteiger partial charge < -0.3 is 4.90 Å². The third kappa shape index (κ3) is 2.46. The van der Waals surface area contributed by atoms with Crippen molar-refractivity contribution >= 4 is 22.8 Å². The molecule has 4 aliphatic rings. The summed E-state index contributed by atoms with van der Waals surface area (Å²) in [4.78, 5) is 32.1. The van der Waals surface area contributed by atoms with Crippen LogP contribution in [0.5, 0.6) is 0 Å². The number of fused-ring (bicyclic) bond motifs is 3. The molecule has 146 valence electrons. The molecule has 1 saturated carbocycles. The lowest BCUT2D eigenvalue weighted by molar-refractivity contribution is -0.116. The maximum Gasteiger partial charge on any atom is 0.163 e. The fourth-order valence-corrected chi connectivity index (χ4v) is 6.11. The molecule has 5 rings (SSSR count). The number of carbonyl (C=O) groups is 2. The van der Waals surface area contributed by atoms with Crippen molar-refractivity contribution in [3.8, 4) is 0 Å². The van der Waals surface area contributed by atoms with E-state index in [9.17, 15) is 9.59 Å². The molecule has 2 aliphatic carbocycles. The van der Waals surface area contributed by atoms with Crippen LogP contribution in [0.15, 0.2) is 34.5 Å². The highest BCUT2D eigenvalue weighted by Gasteiger charge is 2.53. The van der Waals surface area contributed by atoms with Crippen LogP contribution in [0.1, 0.15) is 71.6 Å². The number of rotatable bonds is 2. The summed E-state index contributed by atoms with van der Waals surface area (Å²) in [5.41, 5.74) is 4.39. The lowest BCUT2D eigenvalue weighted by Gasteiger charge is -2.52. The van der Waals surface area contributed by atoms with E-state index in [2.05, 4.69) is 11.0 Å². The molecule has 4 nitrogen and oxygen atoms in total. The van der Waals surface area contributed by atoms with E-state index in [1.165, 1.54) is 64.5 Å². The first kappa shape index (κ1) is 17.8. The van der Waals surface area contributed by atoms with Gasteiger partial charge in [0, 0.05) is 11.6 Å². The summed E-state index contributed by atoms with van der Waals surface area (Å²) >= 11 is 0. The first-order valence-electron chi connectivity index (χ1n) is 10.8. The van der Waals surface area contributed by atoms with Crippen LogP contribution in [0.25, 0.3) is 5.57 Å². The summed E-state index contributed by atoms with van der Waals surface area (Å²) in [5.74, 6) is 0.255. The van der Waals surface area contributed by atoms with Crippen LogP contribution < -0.4 is 15.5 Å². The number of allylic oxidation sites excluding steroid dienone is 2. The molecule has 0 unspecified atom stereocenters. The van der Waals surface area contributed by atoms with Gasteiger partial charge in [0.05, 0.1) is 16.6 Å². The molecule has 0 bridgehead atoms. The van der Waals surface area contributed by atoms with Gasteiger partial charge >= 0.3 is 0 Å². The minimum absolute atomic E-state index is 0.137. The number of Topliss-reactive ketones (excluding diaryl/α,β-unsaturated/α-hetero) is 2. The van der Waals surface area contributed by atoms with Crippen molar-refractivity contribution < 1.29 is 9.59 Å². The predicted molar refractivity (Wildman–Crippen MR) is 109 cm³/mol. The molecule has 0 N–H and O–H groups in total. The van der Waals surface area contributed by atoms with E-state index < -0.39 is 0 Å². The van der Waals surface area contributed by atoms with E-state index in [1.807, 2.05) is 12.1 Å². The molecular weight excluding hydrogens is 348 g/mol. The third-order valence-electron chi connectivity index (χ3n) is 7.22. The van der Waals surface area contributed by atoms with Crippen LogP contribution in [0.4, 0.5) is 5.69 Å². The van der Waals surface area contributed by atoms with Gasteiger partial charge in [0.25, 0.3) is 0 Å². The number of ketones is 2. The third-order valence-corrected chi connectivity index (χ3v) is 7.22. The van der Waals surface area contributed by atoms with Crippen LogP contribution in [0.3, 0.4) is 0 Å². The van der Waals surface area contributed by atoms with Gasteiger partial charge in [-0.25, -0.2) is 0 Å². The highest BCUT2D eigenvalue weighted by atomic mass is 16.1. The molecule has 0 aromatic heterocycles. The van der Waals surface area contributed by atoms with Crippen molar-refractivity contribution in [3.05, 3.63) is 40.0 Å². The Bertz CT molecular complexity index is 1020. The maximum atomic E-state index is 12.1. The molecule has 0 saturated heterocycles. The fourth-order valence-electron chi connectivity index (χ4n) is 6.11. The summed E-state index contributed by atoms with van der Waals surface area (Å²) < 4.78 is 0. The molecular formula is C24H28N2O2. The van der Waals surface area contributed by atoms with Gasteiger partial charge in [-0.2, -0.15) is 0 Å². The number of anilines is 1. The van der Waals surface area contributed by atoms with Crippen LogP contribution in [0.2, 0.25) is 0 Å². The summed E-state index contributed by atoms with van der Waals surface area (Å²) in [6.07, 6.45) is 10.9. The van der Waals surface area contributed by atoms with Crippen molar-refractivity contribution in [2.75, 3.05) is 4.90 Å². The number of benzene rings is 1.